The van der Waals surface area contributed by atoms with Crippen molar-refractivity contribution in [1.29, 1.82) is 0 Å². The first kappa shape index (κ1) is 35.8. The summed E-state index contributed by atoms with van der Waals surface area (Å²) < 4.78 is 9.34. The predicted molar refractivity (Wildman–Crippen MR) is 270 cm³/mol. The number of fused-ring (bicyclic) bond motifs is 12. The molecule has 0 amide bonds. The first-order valence-corrected chi connectivity index (χ1v) is 22.2. The second-order valence-electron chi connectivity index (χ2n) is 17.1. The Bertz CT molecular complexity index is 3980. The van der Waals surface area contributed by atoms with Crippen LogP contribution in [-0.4, -0.2) is 28.2 Å². The third-order valence-corrected chi connectivity index (χ3v) is 13.4. The van der Waals surface area contributed by atoms with Crippen LogP contribution in [0, 0.1) is 6.92 Å². The van der Waals surface area contributed by atoms with E-state index < -0.39 is 0 Å². The molecule has 6 nitrogen and oxygen atoms in total. The van der Waals surface area contributed by atoms with Crippen LogP contribution in [-0.2, 0) is 0 Å². The monoisotopic (exact) mass is 830 g/mol. The highest BCUT2D eigenvalue weighted by atomic mass is 15.2. The van der Waals surface area contributed by atoms with E-state index in [4.69, 9.17) is 9.97 Å². The van der Waals surface area contributed by atoms with E-state index in [9.17, 15) is 0 Å². The Morgan fingerprint density at radius 2 is 0.615 bits per heavy atom. The van der Waals surface area contributed by atoms with Crippen molar-refractivity contribution < 1.29 is 0 Å². The molecule has 304 valence electrons. The molecule has 0 aliphatic rings. The lowest BCUT2D eigenvalue weighted by atomic mass is 10.1. The van der Waals surface area contributed by atoms with E-state index in [0.29, 0.717) is 0 Å². The molecule has 0 spiro atoms. The van der Waals surface area contributed by atoms with Crippen molar-refractivity contribution >= 4 is 87.2 Å². The van der Waals surface area contributed by atoms with Gasteiger partial charge in [-0.15, -0.1) is 0 Å². The highest BCUT2D eigenvalue weighted by Gasteiger charge is 2.23. The van der Waals surface area contributed by atoms with Crippen molar-refractivity contribution in [2.75, 3.05) is 0 Å². The van der Waals surface area contributed by atoms with E-state index in [2.05, 4.69) is 238 Å². The number of hydrogen-bond acceptors (Lipinski definition) is 2. The Morgan fingerprint density at radius 1 is 0.277 bits per heavy atom. The molecule has 0 saturated carbocycles. The maximum atomic E-state index is 5.83. The summed E-state index contributed by atoms with van der Waals surface area (Å²) >= 11 is 0. The Morgan fingerprint density at radius 3 is 1.03 bits per heavy atom. The van der Waals surface area contributed by atoms with Gasteiger partial charge in [0.05, 0.1) is 44.1 Å². The van der Waals surface area contributed by atoms with Crippen LogP contribution in [0.1, 0.15) is 5.56 Å². The number of aryl methyl sites for hydroxylation is 1. The molecular formula is C59H38N6. The number of pyridine rings is 2. The zero-order valence-electron chi connectivity index (χ0n) is 35.4. The molecule has 0 atom stereocenters. The molecule has 14 aromatic rings. The van der Waals surface area contributed by atoms with Gasteiger partial charge in [0.2, 0.25) is 0 Å². The maximum absolute atomic E-state index is 5.83. The molecule has 0 fully saturated rings. The van der Waals surface area contributed by atoms with Crippen LogP contribution in [0.5, 0.6) is 0 Å². The van der Waals surface area contributed by atoms with Gasteiger partial charge in [0.25, 0.3) is 0 Å². The molecule has 0 radical (unpaired) electrons. The highest BCUT2D eigenvalue weighted by Crippen LogP contribution is 2.41. The van der Waals surface area contributed by atoms with E-state index in [-0.39, 0.29) is 0 Å². The molecule has 6 aromatic heterocycles. The van der Waals surface area contributed by atoms with Crippen molar-refractivity contribution in [2.24, 2.45) is 0 Å². The largest absolute Gasteiger partial charge is 0.294 e. The van der Waals surface area contributed by atoms with Gasteiger partial charge in [-0.3, -0.25) is 18.3 Å². The van der Waals surface area contributed by atoms with Gasteiger partial charge in [0, 0.05) is 48.7 Å². The summed E-state index contributed by atoms with van der Waals surface area (Å²) in [7, 11) is 0. The normalized spacial score (nSPS) is 12.1. The lowest BCUT2D eigenvalue weighted by Crippen LogP contribution is -2.07. The zero-order valence-corrected chi connectivity index (χ0v) is 35.4. The minimum Gasteiger partial charge on any atom is -0.294 e. The first-order valence-electron chi connectivity index (χ1n) is 22.2. The molecule has 0 aliphatic heterocycles. The lowest BCUT2D eigenvalue weighted by molar-refractivity contribution is 1.00. The summed E-state index contributed by atoms with van der Waals surface area (Å²) in [4.78, 5) is 11.5. The topological polar surface area (TPSA) is 45.5 Å². The SMILES string of the molecule is Cc1ccc2c(c1)c1ccccc1n2-c1nc(-n2c3ccccc3c3ccccc32)ccc1-c1cc(-n2c3ccccc3c3ccccc32)nc(-n2c3ccccc3c3ccccc32)c1. The van der Waals surface area contributed by atoms with Crippen LogP contribution in [0.3, 0.4) is 0 Å². The summed E-state index contributed by atoms with van der Waals surface area (Å²) in [5.41, 5.74) is 12.0. The molecule has 8 aromatic carbocycles. The number of benzene rings is 8. The van der Waals surface area contributed by atoms with Crippen molar-refractivity contribution in [2.45, 2.75) is 6.92 Å². The molecule has 0 saturated heterocycles. The highest BCUT2D eigenvalue weighted by molar-refractivity contribution is 6.12. The molecule has 0 unspecified atom stereocenters. The van der Waals surface area contributed by atoms with Gasteiger partial charge in [-0.25, -0.2) is 9.97 Å². The fourth-order valence-electron chi connectivity index (χ4n) is 10.7. The van der Waals surface area contributed by atoms with Gasteiger partial charge >= 0.3 is 0 Å². The summed E-state index contributed by atoms with van der Waals surface area (Å²) in [6, 6.07) is 76.4. The summed E-state index contributed by atoms with van der Waals surface area (Å²) in [5, 5.41) is 9.53. The summed E-state index contributed by atoms with van der Waals surface area (Å²) in [6.45, 7) is 2.17. The van der Waals surface area contributed by atoms with E-state index in [0.717, 1.165) is 78.5 Å². The second kappa shape index (κ2) is 13.6. The Kier molecular flexibility index (Phi) is 7.51. The molecule has 14 rings (SSSR count). The molecular weight excluding hydrogens is 793 g/mol. The lowest BCUT2D eigenvalue weighted by Gasteiger charge is -2.18. The minimum atomic E-state index is 0.826. The number of rotatable bonds is 5. The van der Waals surface area contributed by atoms with Crippen molar-refractivity contribution in [3.8, 4) is 34.4 Å². The van der Waals surface area contributed by atoms with Crippen LogP contribution in [0.4, 0.5) is 0 Å². The molecule has 6 heterocycles. The number of nitrogens with zero attached hydrogens (tertiary/aromatic N) is 6. The van der Waals surface area contributed by atoms with Gasteiger partial charge in [0.1, 0.15) is 23.3 Å². The van der Waals surface area contributed by atoms with Crippen LogP contribution < -0.4 is 0 Å². The van der Waals surface area contributed by atoms with Crippen LogP contribution in [0.25, 0.3) is 122 Å². The maximum Gasteiger partial charge on any atom is 0.148 e. The summed E-state index contributed by atoms with van der Waals surface area (Å²) in [5.74, 6) is 3.34. The minimum absolute atomic E-state index is 0.826. The van der Waals surface area contributed by atoms with E-state index in [1.54, 1.807) is 0 Å². The number of hydrogen-bond donors (Lipinski definition) is 0. The third kappa shape index (κ3) is 5.16. The van der Waals surface area contributed by atoms with Gasteiger partial charge in [0.15, 0.2) is 0 Å². The molecule has 0 bridgehead atoms. The fraction of sp³-hybridized carbons (Fsp3) is 0.0169. The van der Waals surface area contributed by atoms with Gasteiger partial charge in [-0.05, 0) is 91.3 Å². The smallest absolute Gasteiger partial charge is 0.148 e. The standard InChI is InChI=1S/C59H38N6/c1-37-30-32-55-47(34-37)46-22-8-15-29-54(46)65(55)59-39(31-33-56(61-59)62-48-23-9-2-16-40(48)41-17-3-10-24-49(41)62)38-35-57(63-50-25-11-4-18-42(50)43-19-5-12-26-51(43)63)60-58(36-38)64-52-27-13-6-20-44(52)45-21-7-14-28-53(45)64/h2-36H,1H3. The third-order valence-electron chi connectivity index (χ3n) is 13.4. The van der Waals surface area contributed by atoms with Crippen molar-refractivity contribution in [1.82, 2.24) is 28.2 Å². The Balaban J connectivity index is 1.13. The van der Waals surface area contributed by atoms with Crippen LogP contribution in [0.2, 0.25) is 0 Å². The van der Waals surface area contributed by atoms with Crippen molar-refractivity contribution in [3.05, 3.63) is 218 Å². The average Bonchev–Trinajstić information content (AvgIpc) is 4.09. The number of para-hydroxylation sites is 7. The molecule has 65 heavy (non-hydrogen) atoms. The second-order valence-corrected chi connectivity index (χ2v) is 17.1. The molecule has 0 aliphatic carbocycles. The Hall–Kier alpha value is -8.74. The van der Waals surface area contributed by atoms with E-state index >= 15 is 0 Å². The van der Waals surface area contributed by atoms with Gasteiger partial charge in [-0.2, -0.15) is 0 Å². The van der Waals surface area contributed by atoms with Crippen LogP contribution >= 0.6 is 0 Å². The zero-order chi connectivity index (χ0) is 42.8. The molecule has 6 heteroatoms. The van der Waals surface area contributed by atoms with Gasteiger partial charge < -0.3 is 0 Å². The predicted octanol–water partition coefficient (Wildman–Crippen LogP) is 14.8. The fourth-order valence-corrected chi connectivity index (χ4v) is 10.7. The number of aromatic nitrogens is 6. The van der Waals surface area contributed by atoms with Crippen LogP contribution in [0.15, 0.2) is 212 Å². The van der Waals surface area contributed by atoms with E-state index in [1.165, 1.54) is 48.7 Å². The van der Waals surface area contributed by atoms with Gasteiger partial charge in [-0.1, -0.05) is 139 Å². The summed E-state index contributed by atoms with van der Waals surface area (Å²) in [6.07, 6.45) is 0. The van der Waals surface area contributed by atoms with E-state index in [1.807, 2.05) is 0 Å². The Labute approximate surface area is 373 Å². The quantitative estimate of drug-likeness (QED) is 0.173. The average molecular weight is 831 g/mol. The molecule has 0 N–H and O–H groups in total. The van der Waals surface area contributed by atoms with Crippen molar-refractivity contribution in [3.63, 3.8) is 0 Å². The first-order chi connectivity index (χ1) is 32.2.